The molecule has 1 heterocycles. The fourth-order valence-corrected chi connectivity index (χ4v) is 4.20. The minimum absolute atomic E-state index is 0.0424. The number of hydrogen-bond acceptors (Lipinski definition) is 5. The Morgan fingerprint density at radius 3 is 2.38 bits per heavy atom. The van der Waals surface area contributed by atoms with Crippen LogP contribution in [0.15, 0.2) is 78.9 Å². The van der Waals surface area contributed by atoms with Gasteiger partial charge in [-0.2, -0.15) is 0 Å². The molecule has 4 aromatic rings. The van der Waals surface area contributed by atoms with Gasteiger partial charge in [0.1, 0.15) is 23.9 Å². The van der Waals surface area contributed by atoms with E-state index in [1.165, 1.54) is 0 Å². The van der Waals surface area contributed by atoms with Crippen LogP contribution in [0.5, 0.6) is 5.75 Å². The molecule has 192 valence electrons. The third kappa shape index (κ3) is 6.52. The van der Waals surface area contributed by atoms with Gasteiger partial charge in [0.25, 0.3) is 0 Å². The van der Waals surface area contributed by atoms with E-state index in [0.717, 1.165) is 17.5 Å². The van der Waals surface area contributed by atoms with Gasteiger partial charge in [0.05, 0.1) is 12.6 Å². The number of aromatic nitrogens is 3. The summed E-state index contributed by atoms with van der Waals surface area (Å²) in [5.74, 6) is 0.665. The molecule has 8 nitrogen and oxygen atoms in total. The van der Waals surface area contributed by atoms with Gasteiger partial charge >= 0.3 is 0 Å². The van der Waals surface area contributed by atoms with E-state index in [1.54, 1.807) is 28.8 Å². The molecule has 0 spiro atoms. The number of ether oxygens (including phenoxy) is 1. The fourth-order valence-electron chi connectivity index (χ4n) is 4.20. The molecule has 0 radical (unpaired) electrons. The predicted molar refractivity (Wildman–Crippen MR) is 143 cm³/mol. The Balaban J connectivity index is 1.70. The highest BCUT2D eigenvalue weighted by molar-refractivity contribution is 5.89. The quantitative estimate of drug-likeness (QED) is 0.331. The molecule has 0 aliphatic rings. The van der Waals surface area contributed by atoms with E-state index < -0.39 is 6.04 Å². The molecular weight excluding hydrogens is 466 g/mol. The first-order valence-electron chi connectivity index (χ1n) is 12.5. The highest BCUT2D eigenvalue weighted by atomic mass is 16.5. The van der Waals surface area contributed by atoms with E-state index in [1.807, 2.05) is 66.7 Å². The number of benzene rings is 3. The van der Waals surface area contributed by atoms with Crippen LogP contribution in [0, 0.1) is 5.92 Å². The average molecular weight is 500 g/mol. The second-order valence-corrected chi connectivity index (χ2v) is 9.39. The van der Waals surface area contributed by atoms with Crippen molar-refractivity contribution in [2.75, 3.05) is 13.7 Å². The van der Waals surface area contributed by atoms with Crippen molar-refractivity contribution in [2.24, 2.45) is 5.92 Å². The molecule has 0 unspecified atom stereocenters. The highest BCUT2D eigenvalue weighted by Gasteiger charge is 2.32. The molecule has 0 fully saturated rings. The van der Waals surface area contributed by atoms with Gasteiger partial charge in [0.2, 0.25) is 11.8 Å². The largest absolute Gasteiger partial charge is 0.497 e. The van der Waals surface area contributed by atoms with Crippen LogP contribution in [0.4, 0.5) is 0 Å². The van der Waals surface area contributed by atoms with Gasteiger partial charge in [0, 0.05) is 13.1 Å². The van der Waals surface area contributed by atoms with Crippen LogP contribution in [0.3, 0.4) is 0 Å². The number of carbonyl (C=O) groups is 2. The number of amides is 2. The van der Waals surface area contributed by atoms with E-state index in [9.17, 15) is 9.59 Å². The van der Waals surface area contributed by atoms with Crippen LogP contribution in [-0.2, 0) is 22.7 Å². The van der Waals surface area contributed by atoms with Gasteiger partial charge in [-0.15, -0.1) is 5.10 Å². The second-order valence-electron chi connectivity index (χ2n) is 9.39. The summed E-state index contributed by atoms with van der Waals surface area (Å²) in [6.07, 6.45) is 0.846. The lowest BCUT2D eigenvalue weighted by molar-refractivity contribution is -0.142. The maximum Gasteiger partial charge on any atom is 0.247 e. The van der Waals surface area contributed by atoms with Crippen molar-refractivity contribution in [1.29, 1.82) is 0 Å². The van der Waals surface area contributed by atoms with Crippen molar-refractivity contribution >= 4 is 22.8 Å². The first kappa shape index (κ1) is 25.9. The maximum atomic E-state index is 13.9. The first-order chi connectivity index (χ1) is 18.0. The summed E-state index contributed by atoms with van der Waals surface area (Å²) in [4.78, 5) is 29.2. The summed E-state index contributed by atoms with van der Waals surface area (Å²) in [6, 6.07) is 23.6. The standard InChI is InChI=1S/C29H33N5O3/c1-21(2)17-18-30-29(36)28(23-13-15-24(37-3)16-14-23)33(19-22-9-5-4-6-10-22)27(35)20-34-26-12-8-7-11-25(26)31-32-34/h4-16,21,28H,17-20H2,1-3H3,(H,30,36)/t28-/m0/s1. The lowest BCUT2D eigenvalue weighted by Crippen LogP contribution is -2.45. The first-order valence-corrected chi connectivity index (χ1v) is 12.5. The Bertz CT molecular complexity index is 1320. The molecular formula is C29H33N5O3. The summed E-state index contributed by atoms with van der Waals surface area (Å²) < 4.78 is 6.90. The molecule has 1 N–H and O–H groups in total. The van der Waals surface area contributed by atoms with Crippen LogP contribution >= 0.6 is 0 Å². The van der Waals surface area contributed by atoms with Crippen molar-refractivity contribution < 1.29 is 14.3 Å². The van der Waals surface area contributed by atoms with Crippen LogP contribution < -0.4 is 10.1 Å². The van der Waals surface area contributed by atoms with E-state index >= 15 is 0 Å². The minimum atomic E-state index is -0.833. The zero-order valence-electron chi connectivity index (χ0n) is 21.5. The number of fused-ring (bicyclic) bond motifs is 1. The SMILES string of the molecule is COc1ccc([C@@H](C(=O)NCCC(C)C)N(Cc2ccccc2)C(=O)Cn2nnc3ccccc32)cc1. The second kappa shape index (κ2) is 12.2. The normalized spacial score (nSPS) is 11.9. The summed E-state index contributed by atoms with van der Waals surface area (Å²) in [7, 11) is 1.60. The zero-order valence-corrected chi connectivity index (χ0v) is 21.5. The molecule has 0 bridgehead atoms. The summed E-state index contributed by atoms with van der Waals surface area (Å²) >= 11 is 0. The Kier molecular flexibility index (Phi) is 8.51. The number of para-hydroxylation sites is 1. The van der Waals surface area contributed by atoms with Gasteiger partial charge in [-0.3, -0.25) is 9.59 Å². The van der Waals surface area contributed by atoms with Gasteiger partial charge in [-0.05, 0) is 47.7 Å². The molecule has 0 aliphatic carbocycles. The van der Waals surface area contributed by atoms with E-state index in [0.29, 0.717) is 29.3 Å². The fraction of sp³-hybridized carbons (Fsp3) is 0.310. The van der Waals surface area contributed by atoms with Crippen LogP contribution in [0.25, 0.3) is 11.0 Å². The van der Waals surface area contributed by atoms with Crippen molar-refractivity contribution in [2.45, 2.75) is 39.4 Å². The number of methoxy groups -OCH3 is 1. The van der Waals surface area contributed by atoms with E-state index in [2.05, 4.69) is 29.5 Å². The van der Waals surface area contributed by atoms with Gasteiger partial charge < -0.3 is 15.0 Å². The maximum absolute atomic E-state index is 13.9. The van der Waals surface area contributed by atoms with E-state index in [4.69, 9.17) is 4.74 Å². The van der Waals surface area contributed by atoms with Crippen LogP contribution in [0.1, 0.15) is 37.4 Å². The Hall–Kier alpha value is -4.20. The summed E-state index contributed by atoms with van der Waals surface area (Å²) in [6.45, 7) is 4.98. The molecule has 1 aromatic heterocycles. The number of carbonyl (C=O) groups excluding carboxylic acids is 2. The van der Waals surface area contributed by atoms with Crippen molar-refractivity contribution in [1.82, 2.24) is 25.2 Å². The smallest absolute Gasteiger partial charge is 0.247 e. The average Bonchev–Trinajstić information content (AvgIpc) is 3.31. The van der Waals surface area contributed by atoms with E-state index in [-0.39, 0.29) is 24.9 Å². The topological polar surface area (TPSA) is 89.4 Å². The summed E-state index contributed by atoms with van der Waals surface area (Å²) in [5.41, 5.74) is 3.10. The molecule has 0 saturated carbocycles. The summed E-state index contributed by atoms with van der Waals surface area (Å²) in [5, 5.41) is 11.4. The third-order valence-corrected chi connectivity index (χ3v) is 6.23. The number of nitrogens with zero attached hydrogens (tertiary/aromatic N) is 4. The van der Waals surface area contributed by atoms with Crippen molar-refractivity contribution in [3.63, 3.8) is 0 Å². The zero-order chi connectivity index (χ0) is 26.2. The Morgan fingerprint density at radius 1 is 0.973 bits per heavy atom. The molecule has 0 aliphatic heterocycles. The molecule has 3 aromatic carbocycles. The molecule has 8 heteroatoms. The Morgan fingerprint density at radius 2 is 1.68 bits per heavy atom. The lowest BCUT2D eigenvalue weighted by Gasteiger charge is -2.32. The van der Waals surface area contributed by atoms with Gasteiger partial charge in [-0.1, -0.05) is 73.7 Å². The molecule has 0 saturated heterocycles. The Labute approximate surface area is 217 Å². The third-order valence-electron chi connectivity index (χ3n) is 6.23. The number of hydrogen-bond donors (Lipinski definition) is 1. The van der Waals surface area contributed by atoms with Crippen LogP contribution in [-0.4, -0.2) is 45.4 Å². The van der Waals surface area contributed by atoms with Crippen LogP contribution in [0.2, 0.25) is 0 Å². The molecule has 4 rings (SSSR count). The number of rotatable bonds is 11. The van der Waals surface area contributed by atoms with Gasteiger partial charge in [-0.25, -0.2) is 4.68 Å². The molecule has 37 heavy (non-hydrogen) atoms. The minimum Gasteiger partial charge on any atom is -0.497 e. The lowest BCUT2D eigenvalue weighted by atomic mass is 10.0. The highest BCUT2D eigenvalue weighted by Crippen LogP contribution is 2.26. The molecule has 2 amide bonds. The van der Waals surface area contributed by atoms with Gasteiger partial charge in [0.15, 0.2) is 0 Å². The van der Waals surface area contributed by atoms with Crippen molar-refractivity contribution in [3.8, 4) is 5.75 Å². The van der Waals surface area contributed by atoms with Crippen molar-refractivity contribution in [3.05, 3.63) is 90.0 Å². The predicted octanol–water partition coefficient (Wildman–Crippen LogP) is 4.37. The molecule has 1 atom stereocenters. The monoisotopic (exact) mass is 499 g/mol. The number of nitrogens with one attached hydrogen (secondary N) is 1.